The second-order valence-electron chi connectivity index (χ2n) is 7.83. The minimum absolute atomic E-state index is 0.116. The van der Waals surface area contributed by atoms with Gasteiger partial charge in [-0.25, -0.2) is 0 Å². The molecule has 152 valence electrons. The summed E-state index contributed by atoms with van der Waals surface area (Å²) in [5.74, 6) is 1.41. The number of methoxy groups -OCH3 is 4. The highest BCUT2D eigenvalue weighted by Crippen LogP contribution is 2.59. The van der Waals surface area contributed by atoms with Crippen LogP contribution in [0.1, 0.15) is 24.0 Å². The number of likely N-dealkylation sites (tertiary alicyclic amines) is 1. The van der Waals surface area contributed by atoms with Crippen molar-refractivity contribution in [2.24, 2.45) is 0 Å². The molecule has 0 radical (unpaired) electrons. The van der Waals surface area contributed by atoms with Gasteiger partial charge in [0.1, 0.15) is 5.76 Å². The summed E-state index contributed by atoms with van der Waals surface area (Å²) in [5, 5.41) is 12.0. The zero-order valence-corrected chi connectivity index (χ0v) is 17.0. The van der Waals surface area contributed by atoms with E-state index in [2.05, 4.69) is 4.90 Å². The van der Waals surface area contributed by atoms with Gasteiger partial charge in [0, 0.05) is 11.8 Å². The number of fused-ring (bicyclic) bond motifs is 1. The van der Waals surface area contributed by atoms with E-state index in [1.807, 2.05) is 19.2 Å². The molecule has 2 aliphatic carbocycles. The van der Waals surface area contributed by atoms with Gasteiger partial charge in [-0.1, -0.05) is 0 Å². The average molecular weight is 389 g/mol. The first-order chi connectivity index (χ1) is 13.4. The van der Waals surface area contributed by atoms with E-state index in [0.717, 1.165) is 17.7 Å². The third-order valence-electron chi connectivity index (χ3n) is 6.89. The van der Waals surface area contributed by atoms with Crippen molar-refractivity contribution in [3.63, 3.8) is 0 Å². The fourth-order valence-corrected chi connectivity index (χ4v) is 5.45. The summed E-state index contributed by atoms with van der Waals surface area (Å²) in [6.07, 6.45) is 1.55. The monoisotopic (exact) mass is 389 g/mol. The molecule has 1 aliphatic heterocycles. The number of nitrogens with zero attached hydrogens (tertiary/aromatic N) is 1. The van der Waals surface area contributed by atoms with Crippen LogP contribution in [0.3, 0.4) is 0 Å². The van der Waals surface area contributed by atoms with Gasteiger partial charge < -0.3 is 24.1 Å². The van der Waals surface area contributed by atoms with Crippen molar-refractivity contribution in [2.75, 3.05) is 42.0 Å². The van der Waals surface area contributed by atoms with Crippen LogP contribution in [-0.2, 0) is 26.1 Å². The SMILES string of the molecule is COC1=C(OC)C(=O)[C@@]2(O)[C@H]3Cc4cc(OC)c(OC)cc4[C@]2(CCN3C)C1. The molecule has 4 rings (SSSR count). The topological polar surface area (TPSA) is 77.5 Å². The Bertz CT molecular complexity index is 865. The number of allylic oxidation sites excluding steroid dienone is 1. The second-order valence-corrected chi connectivity index (χ2v) is 7.83. The van der Waals surface area contributed by atoms with Gasteiger partial charge in [-0.3, -0.25) is 9.69 Å². The molecule has 7 heteroatoms. The molecule has 3 aliphatic rings. The number of ketones is 1. The highest BCUT2D eigenvalue weighted by molar-refractivity contribution is 6.04. The highest BCUT2D eigenvalue weighted by atomic mass is 16.5. The highest BCUT2D eigenvalue weighted by Gasteiger charge is 2.69. The van der Waals surface area contributed by atoms with Crippen molar-refractivity contribution in [1.29, 1.82) is 0 Å². The molecule has 0 amide bonds. The van der Waals surface area contributed by atoms with Crippen LogP contribution in [0, 0.1) is 0 Å². The van der Waals surface area contributed by atoms with E-state index in [0.29, 0.717) is 36.5 Å². The molecule has 1 aromatic carbocycles. The van der Waals surface area contributed by atoms with E-state index in [1.165, 1.54) is 14.2 Å². The number of hydrogen-bond donors (Lipinski definition) is 1. The number of benzene rings is 1. The van der Waals surface area contributed by atoms with E-state index in [4.69, 9.17) is 18.9 Å². The molecular weight excluding hydrogens is 362 g/mol. The van der Waals surface area contributed by atoms with Gasteiger partial charge in [0.2, 0.25) is 11.5 Å². The van der Waals surface area contributed by atoms with Crippen LogP contribution in [0.15, 0.2) is 23.7 Å². The summed E-state index contributed by atoms with van der Waals surface area (Å²) in [7, 11) is 8.12. The Balaban J connectivity index is 2.03. The molecule has 1 fully saturated rings. The van der Waals surface area contributed by atoms with Gasteiger partial charge in [-0.05, 0) is 49.7 Å². The van der Waals surface area contributed by atoms with Crippen molar-refractivity contribution in [1.82, 2.24) is 4.90 Å². The van der Waals surface area contributed by atoms with Gasteiger partial charge >= 0.3 is 0 Å². The van der Waals surface area contributed by atoms with Crippen molar-refractivity contribution >= 4 is 5.78 Å². The number of Topliss-reactive ketones (excluding diaryl/α,β-unsaturated/α-hetero) is 1. The average Bonchev–Trinajstić information content (AvgIpc) is 2.70. The fraction of sp³-hybridized carbons (Fsp3) is 0.571. The molecule has 1 heterocycles. The van der Waals surface area contributed by atoms with Crippen molar-refractivity contribution in [2.45, 2.75) is 36.3 Å². The lowest BCUT2D eigenvalue weighted by Crippen LogP contribution is -2.75. The van der Waals surface area contributed by atoms with Crippen molar-refractivity contribution in [3.05, 3.63) is 34.8 Å². The summed E-state index contributed by atoms with van der Waals surface area (Å²) >= 11 is 0. The molecule has 0 unspecified atom stereocenters. The first-order valence-corrected chi connectivity index (χ1v) is 9.41. The Labute approximate surface area is 164 Å². The predicted molar refractivity (Wildman–Crippen MR) is 102 cm³/mol. The van der Waals surface area contributed by atoms with Crippen LogP contribution < -0.4 is 9.47 Å². The molecule has 1 N–H and O–H groups in total. The van der Waals surface area contributed by atoms with E-state index in [-0.39, 0.29) is 11.8 Å². The molecule has 0 saturated carbocycles. The smallest absolute Gasteiger partial charge is 0.234 e. The molecule has 1 aromatic rings. The molecule has 0 spiro atoms. The summed E-state index contributed by atoms with van der Waals surface area (Å²) in [6, 6.07) is 3.52. The number of likely N-dealkylation sites (N-methyl/N-ethyl adjacent to an activating group) is 1. The van der Waals surface area contributed by atoms with Crippen molar-refractivity contribution in [3.8, 4) is 11.5 Å². The summed E-state index contributed by atoms with van der Waals surface area (Å²) < 4.78 is 21.9. The van der Waals surface area contributed by atoms with Crippen LogP contribution in [0.25, 0.3) is 0 Å². The standard InChI is InChI=1S/C21H27NO6/c1-22-7-6-20-11-16(27-4)18(28-5)19(23)21(20,24)17(22)9-12-8-14(25-2)15(26-3)10-13(12)20/h8,10,17,24H,6-7,9,11H2,1-5H3/t17-,20+,21+/m1/s1. The van der Waals surface area contributed by atoms with Crippen LogP contribution >= 0.6 is 0 Å². The molecule has 3 atom stereocenters. The maximum atomic E-state index is 13.5. The first kappa shape index (κ1) is 19.1. The maximum absolute atomic E-state index is 13.5. The Morgan fingerprint density at radius 3 is 2.36 bits per heavy atom. The Kier molecular flexibility index (Phi) is 4.35. The van der Waals surface area contributed by atoms with Gasteiger partial charge in [0.25, 0.3) is 0 Å². The maximum Gasteiger partial charge on any atom is 0.234 e. The van der Waals surface area contributed by atoms with E-state index in [1.54, 1.807) is 14.2 Å². The van der Waals surface area contributed by atoms with Crippen LogP contribution in [-0.4, -0.2) is 69.5 Å². The Hall–Kier alpha value is -2.25. The minimum atomic E-state index is -1.60. The Morgan fingerprint density at radius 1 is 1.07 bits per heavy atom. The minimum Gasteiger partial charge on any atom is -0.497 e. The normalized spacial score (nSPS) is 31.8. The number of piperidine rings is 1. The first-order valence-electron chi connectivity index (χ1n) is 9.41. The zero-order valence-electron chi connectivity index (χ0n) is 17.0. The van der Waals surface area contributed by atoms with Crippen LogP contribution in [0.5, 0.6) is 11.5 Å². The predicted octanol–water partition coefficient (Wildman–Crippen LogP) is 1.41. The van der Waals surface area contributed by atoms with Gasteiger partial charge in [0.05, 0.1) is 34.5 Å². The molecule has 7 nitrogen and oxygen atoms in total. The quantitative estimate of drug-likeness (QED) is 0.834. The molecule has 28 heavy (non-hydrogen) atoms. The largest absolute Gasteiger partial charge is 0.497 e. The van der Waals surface area contributed by atoms with E-state index < -0.39 is 16.8 Å². The lowest BCUT2D eigenvalue weighted by molar-refractivity contribution is -0.175. The number of rotatable bonds is 4. The summed E-state index contributed by atoms with van der Waals surface area (Å²) in [6.45, 7) is 0.771. The van der Waals surface area contributed by atoms with Gasteiger partial charge in [-0.15, -0.1) is 0 Å². The zero-order chi connectivity index (χ0) is 20.3. The second kappa shape index (κ2) is 6.39. The van der Waals surface area contributed by atoms with Crippen LogP contribution in [0.2, 0.25) is 0 Å². The van der Waals surface area contributed by atoms with Crippen LogP contribution in [0.4, 0.5) is 0 Å². The van der Waals surface area contributed by atoms with Crippen molar-refractivity contribution < 1.29 is 28.8 Å². The third kappa shape index (κ3) is 2.14. The molecule has 1 saturated heterocycles. The molecule has 0 aromatic heterocycles. The fourth-order valence-electron chi connectivity index (χ4n) is 5.45. The number of hydrogen-bond acceptors (Lipinski definition) is 7. The van der Waals surface area contributed by atoms with E-state index in [9.17, 15) is 9.90 Å². The van der Waals surface area contributed by atoms with Gasteiger partial charge in [0.15, 0.2) is 17.1 Å². The summed E-state index contributed by atoms with van der Waals surface area (Å²) in [5.41, 5.74) is -0.417. The Morgan fingerprint density at radius 2 is 1.75 bits per heavy atom. The summed E-state index contributed by atoms with van der Waals surface area (Å²) in [4.78, 5) is 15.6. The lowest BCUT2D eigenvalue weighted by atomic mass is 9.50. The lowest BCUT2D eigenvalue weighted by Gasteiger charge is -2.61. The van der Waals surface area contributed by atoms with Gasteiger partial charge in [-0.2, -0.15) is 0 Å². The third-order valence-corrected chi connectivity index (χ3v) is 6.89. The number of aliphatic hydroxyl groups is 1. The molecule has 2 bridgehead atoms. The number of carbonyl (C=O) groups excluding carboxylic acids is 1. The van der Waals surface area contributed by atoms with E-state index >= 15 is 0 Å². The molecular formula is C21H27NO6. The number of ether oxygens (including phenoxy) is 4. The number of carbonyl (C=O) groups is 1.